The van der Waals surface area contributed by atoms with Crippen LogP contribution in [0.15, 0.2) is 194 Å². The SMILES string of the molecule is CC1(C)c2cc(-c3cccc4c3-c3ccccc3C4(c3ccccc3)c3ccccc3)ccc2-c2ccc(-c3cc(-c4ccccn4)nc4ccccc34)cc21. The molecule has 2 heteroatoms. The number of fused-ring (bicyclic) bond motifs is 7. The molecule has 2 aromatic heterocycles. The Labute approximate surface area is 327 Å². The molecule has 7 aromatic carbocycles. The van der Waals surface area contributed by atoms with Gasteiger partial charge in [-0.25, -0.2) is 4.98 Å². The Morgan fingerprint density at radius 3 is 1.68 bits per heavy atom. The smallest absolute Gasteiger partial charge is 0.0900 e. The fraction of sp³-hybridized carbons (Fsp3) is 0.0741. The Kier molecular flexibility index (Phi) is 7.15. The molecule has 0 bridgehead atoms. The van der Waals surface area contributed by atoms with Crippen LogP contribution in [0.5, 0.6) is 0 Å². The molecule has 11 rings (SSSR count). The summed E-state index contributed by atoms with van der Waals surface area (Å²) in [4.78, 5) is 9.67. The molecule has 0 fully saturated rings. The monoisotopic (exact) mass is 714 g/mol. The topological polar surface area (TPSA) is 25.8 Å². The minimum atomic E-state index is -0.430. The zero-order valence-electron chi connectivity index (χ0n) is 31.4. The second kappa shape index (κ2) is 12.3. The lowest BCUT2D eigenvalue weighted by atomic mass is 9.67. The largest absolute Gasteiger partial charge is 0.255 e. The lowest BCUT2D eigenvalue weighted by molar-refractivity contribution is 0.661. The van der Waals surface area contributed by atoms with Gasteiger partial charge < -0.3 is 0 Å². The molecule has 9 aromatic rings. The summed E-state index contributed by atoms with van der Waals surface area (Å²) < 4.78 is 0. The predicted molar refractivity (Wildman–Crippen MR) is 231 cm³/mol. The van der Waals surface area contributed by atoms with Crippen molar-refractivity contribution in [2.24, 2.45) is 0 Å². The van der Waals surface area contributed by atoms with Gasteiger partial charge in [0.05, 0.1) is 22.3 Å². The molecule has 0 amide bonds. The molecule has 0 atom stereocenters. The van der Waals surface area contributed by atoms with E-state index in [1.54, 1.807) is 0 Å². The summed E-state index contributed by atoms with van der Waals surface area (Å²) in [6.45, 7) is 4.77. The van der Waals surface area contributed by atoms with Gasteiger partial charge in [-0.05, 0) is 114 Å². The van der Waals surface area contributed by atoms with Crippen LogP contribution in [-0.4, -0.2) is 9.97 Å². The Hall–Kier alpha value is -6.90. The quantitative estimate of drug-likeness (QED) is 0.177. The molecule has 0 saturated heterocycles. The molecule has 2 aliphatic carbocycles. The van der Waals surface area contributed by atoms with Crippen molar-refractivity contribution in [1.82, 2.24) is 9.97 Å². The Bertz CT molecular complexity index is 2940. The molecule has 2 nitrogen and oxygen atoms in total. The maximum atomic E-state index is 5.02. The van der Waals surface area contributed by atoms with Crippen molar-refractivity contribution in [2.45, 2.75) is 24.7 Å². The van der Waals surface area contributed by atoms with Gasteiger partial charge in [-0.15, -0.1) is 0 Å². The maximum absolute atomic E-state index is 5.02. The van der Waals surface area contributed by atoms with Crippen LogP contribution in [0.3, 0.4) is 0 Å². The van der Waals surface area contributed by atoms with E-state index in [1.807, 2.05) is 24.4 Å². The van der Waals surface area contributed by atoms with E-state index < -0.39 is 5.41 Å². The van der Waals surface area contributed by atoms with Crippen LogP contribution < -0.4 is 0 Å². The molecule has 2 aliphatic rings. The highest BCUT2D eigenvalue weighted by molar-refractivity contribution is 5.99. The third-order valence-electron chi connectivity index (χ3n) is 12.4. The summed E-state index contributed by atoms with van der Waals surface area (Å²) in [6.07, 6.45) is 1.83. The number of rotatable bonds is 5. The zero-order valence-corrected chi connectivity index (χ0v) is 31.4. The summed E-state index contributed by atoms with van der Waals surface area (Å²) >= 11 is 0. The molecule has 264 valence electrons. The first-order valence-corrected chi connectivity index (χ1v) is 19.5. The highest BCUT2D eigenvalue weighted by atomic mass is 14.8. The third-order valence-corrected chi connectivity index (χ3v) is 12.4. The minimum absolute atomic E-state index is 0.211. The summed E-state index contributed by atoms with van der Waals surface area (Å²) in [7, 11) is 0. The van der Waals surface area contributed by atoms with Gasteiger partial charge in [0.2, 0.25) is 0 Å². The fourth-order valence-corrected chi connectivity index (χ4v) is 9.87. The molecule has 0 N–H and O–H groups in total. The third kappa shape index (κ3) is 4.63. The van der Waals surface area contributed by atoms with E-state index in [9.17, 15) is 0 Å². The van der Waals surface area contributed by atoms with Crippen LogP contribution in [0.4, 0.5) is 0 Å². The normalized spacial score (nSPS) is 14.2. The van der Waals surface area contributed by atoms with Crippen LogP contribution in [0.1, 0.15) is 47.2 Å². The summed E-state index contributed by atoms with van der Waals surface area (Å²) in [6, 6.07) is 69.0. The standard InChI is InChI=1S/C54H38N2/c1-53(2)47-32-35(39-22-15-24-46-52(39)43-21-9-11-23-45(43)54(46,37-16-5-3-6-17-37)38-18-7-4-8-19-38)27-29-40(47)41-30-28-36(33-48(41)53)44-34-51(50-26-13-14-31-55-50)56-49-25-12-10-20-42(44)49/h3-34H,1-2H3. The van der Waals surface area contributed by atoms with Gasteiger partial charge in [0.25, 0.3) is 0 Å². The first kappa shape index (κ1) is 32.5. The molecule has 0 saturated carbocycles. The molecule has 56 heavy (non-hydrogen) atoms. The number of pyridine rings is 2. The number of aromatic nitrogens is 2. The van der Waals surface area contributed by atoms with E-state index in [-0.39, 0.29) is 5.41 Å². The summed E-state index contributed by atoms with van der Waals surface area (Å²) in [5.74, 6) is 0. The number of hydrogen-bond acceptors (Lipinski definition) is 2. The first-order chi connectivity index (χ1) is 27.5. The van der Waals surface area contributed by atoms with Crippen LogP contribution in [0.25, 0.3) is 66.8 Å². The van der Waals surface area contributed by atoms with Gasteiger partial charge in [-0.1, -0.05) is 166 Å². The second-order valence-corrected chi connectivity index (χ2v) is 15.7. The van der Waals surface area contributed by atoms with Gasteiger partial charge in [0.15, 0.2) is 0 Å². The van der Waals surface area contributed by atoms with E-state index in [0.717, 1.165) is 22.3 Å². The van der Waals surface area contributed by atoms with E-state index in [1.165, 1.54) is 77.9 Å². The molecule has 0 aliphatic heterocycles. The summed E-state index contributed by atoms with van der Waals surface area (Å²) in [5.41, 5.74) is 20.1. The Balaban J connectivity index is 1.07. The Morgan fingerprint density at radius 1 is 0.393 bits per heavy atom. The number of benzene rings is 7. The number of para-hydroxylation sites is 1. The van der Waals surface area contributed by atoms with Gasteiger partial charge in [0, 0.05) is 17.0 Å². The summed E-state index contributed by atoms with van der Waals surface area (Å²) in [5, 5.41) is 1.14. The Morgan fingerprint density at radius 2 is 0.982 bits per heavy atom. The van der Waals surface area contributed by atoms with Crippen LogP contribution >= 0.6 is 0 Å². The van der Waals surface area contributed by atoms with E-state index in [2.05, 4.69) is 189 Å². The average molecular weight is 715 g/mol. The van der Waals surface area contributed by atoms with Crippen LogP contribution in [0.2, 0.25) is 0 Å². The second-order valence-electron chi connectivity index (χ2n) is 15.7. The van der Waals surface area contributed by atoms with Gasteiger partial charge in [-0.3, -0.25) is 4.98 Å². The van der Waals surface area contributed by atoms with Crippen molar-refractivity contribution in [2.75, 3.05) is 0 Å². The van der Waals surface area contributed by atoms with Gasteiger partial charge >= 0.3 is 0 Å². The van der Waals surface area contributed by atoms with Crippen molar-refractivity contribution < 1.29 is 0 Å². The lowest BCUT2D eigenvalue weighted by Gasteiger charge is -2.34. The predicted octanol–water partition coefficient (Wildman–Crippen LogP) is 13.3. The fourth-order valence-electron chi connectivity index (χ4n) is 9.87. The molecular formula is C54H38N2. The van der Waals surface area contributed by atoms with Crippen molar-refractivity contribution in [1.29, 1.82) is 0 Å². The van der Waals surface area contributed by atoms with Crippen molar-refractivity contribution in [3.05, 3.63) is 228 Å². The lowest BCUT2D eigenvalue weighted by Crippen LogP contribution is -2.28. The highest BCUT2D eigenvalue weighted by Crippen LogP contribution is 2.59. The van der Waals surface area contributed by atoms with Crippen molar-refractivity contribution in [3.63, 3.8) is 0 Å². The number of hydrogen-bond donors (Lipinski definition) is 0. The highest BCUT2D eigenvalue weighted by Gasteiger charge is 2.47. The van der Waals surface area contributed by atoms with Crippen LogP contribution in [0, 0.1) is 0 Å². The van der Waals surface area contributed by atoms with Crippen molar-refractivity contribution >= 4 is 10.9 Å². The van der Waals surface area contributed by atoms with Crippen LogP contribution in [-0.2, 0) is 10.8 Å². The van der Waals surface area contributed by atoms with Gasteiger partial charge in [-0.2, -0.15) is 0 Å². The minimum Gasteiger partial charge on any atom is -0.255 e. The zero-order chi connectivity index (χ0) is 37.4. The van der Waals surface area contributed by atoms with Gasteiger partial charge in [0.1, 0.15) is 0 Å². The molecule has 0 radical (unpaired) electrons. The molecule has 2 heterocycles. The average Bonchev–Trinajstić information content (AvgIpc) is 3.69. The maximum Gasteiger partial charge on any atom is 0.0900 e. The van der Waals surface area contributed by atoms with E-state index in [4.69, 9.17) is 4.98 Å². The molecule has 0 unspecified atom stereocenters. The van der Waals surface area contributed by atoms with E-state index in [0.29, 0.717) is 0 Å². The van der Waals surface area contributed by atoms with Crippen molar-refractivity contribution in [3.8, 4) is 55.9 Å². The first-order valence-electron chi connectivity index (χ1n) is 19.5. The number of nitrogens with zero attached hydrogens (tertiary/aromatic N) is 2. The molecular weight excluding hydrogens is 677 g/mol. The van der Waals surface area contributed by atoms with E-state index >= 15 is 0 Å². The molecule has 0 spiro atoms.